The van der Waals surface area contributed by atoms with Gasteiger partial charge in [0, 0.05) is 12.1 Å². The van der Waals surface area contributed by atoms with Crippen LogP contribution >= 0.6 is 0 Å². The number of carbonyl (C=O) groups excluding carboxylic acids is 2. The largest absolute Gasteiger partial charge is 0.464 e. The van der Waals surface area contributed by atoms with Crippen molar-refractivity contribution in [1.29, 1.82) is 0 Å². The Hall–Kier alpha value is -2.76. The number of fused-ring (bicyclic) bond motifs is 1. The Morgan fingerprint density at radius 1 is 1.12 bits per heavy atom. The summed E-state index contributed by atoms with van der Waals surface area (Å²) in [5, 5.41) is 8.68. The van der Waals surface area contributed by atoms with Gasteiger partial charge in [0.2, 0.25) is 5.91 Å². The quantitative estimate of drug-likeness (QED) is 0.794. The summed E-state index contributed by atoms with van der Waals surface area (Å²) in [4.78, 5) is 23.7. The van der Waals surface area contributed by atoms with E-state index >= 15 is 0 Å². The third kappa shape index (κ3) is 4.02. The lowest BCUT2D eigenvalue weighted by molar-refractivity contribution is -0.116. The van der Waals surface area contributed by atoms with E-state index in [9.17, 15) is 9.59 Å². The van der Waals surface area contributed by atoms with E-state index in [2.05, 4.69) is 16.0 Å². The standard InChI is InChI=1S/C19H23N3O3/c1-11-4-8-17(25-11)13(3)21-19(24)20-12(2)14-5-7-16-15(10-14)6-9-18(23)22-16/h4-5,7-8,10,12-13H,6,9H2,1-3H3,(H,22,23)(H2,20,21,24)/t12-,13+/m0/s1. The average molecular weight is 341 g/mol. The molecular formula is C19H23N3O3. The van der Waals surface area contributed by atoms with E-state index in [1.165, 1.54) is 0 Å². The summed E-state index contributed by atoms with van der Waals surface area (Å²) in [5.74, 6) is 1.59. The van der Waals surface area contributed by atoms with Crippen LogP contribution in [0.15, 0.2) is 34.7 Å². The molecule has 6 nitrogen and oxygen atoms in total. The van der Waals surface area contributed by atoms with Gasteiger partial charge < -0.3 is 20.4 Å². The highest BCUT2D eigenvalue weighted by Crippen LogP contribution is 2.26. The molecule has 0 aliphatic carbocycles. The van der Waals surface area contributed by atoms with Crippen molar-refractivity contribution in [2.75, 3.05) is 5.32 Å². The zero-order valence-electron chi connectivity index (χ0n) is 14.7. The Bertz CT molecular complexity index is 797. The molecule has 0 unspecified atom stereocenters. The number of carbonyl (C=O) groups is 2. The number of rotatable bonds is 4. The van der Waals surface area contributed by atoms with Crippen LogP contribution in [0.4, 0.5) is 10.5 Å². The van der Waals surface area contributed by atoms with Crippen molar-refractivity contribution in [3.05, 3.63) is 53.0 Å². The first-order valence-electron chi connectivity index (χ1n) is 8.48. The maximum Gasteiger partial charge on any atom is 0.315 e. The molecule has 3 amide bonds. The fraction of sp³-hybridized carbons (Fsp3) is 0.368. The monoisotopic (exact) mass is 341 g/mol. The molecule has 1 aromatic carbocycles. The Morgan fingerprint density at radius 2 is 1.88 bits per heavy atom. The number of furan rings is 1. The van der Waals surface area contributed by atoms with Crippen molar-refractivity contribution in [3.8, 4) is 0 Å². The Kier molecular flexibility index (Phi) is 4.79. The van der Waals surface area contributed by atoms with Crippen molar-refractivity contribution < 1.29 is 14.0 Å². The summed E-state index contributed by atoms with van der Waals surface area (Å²) in [6.07, 6.45) is 1.22. The number of aryl methyl sites for hydroxylation is 2. The van der Waals surface area contributed by atoms with Crippen LogP contribution in [0, 0.1) is 6.92 Å². The molecule has 25 heavy (non-hydrogen) atoms. The molecule has 3 N–H and O–H groups in total. The molecule has 0 spiro atoms. The predicted octanol–water partition coefficient (Wildman–Crippen LogP) is 3.59. The molecule has 132 valence electrons. The Balaban J connectivity index is 1.61. The van der Waals surface area contributed by atoms with Crippen LogP contribution in [-0.2, 0) is 11.2 Å². The molecule has 2 atom stereocenters. The molecule has 0 bridgehead atoms. The fourth-order valence-electron chi connectivity index (χ4n) is 2.95. The van der Waals surface area contributed by atoms with Gasteiger partial charge in [0.15, 0.2) is 0 Å². The van der Waals surface area contributed by atoms with Gasteiger partial charge in [-0.15, -0.1) is 0 Å². The van der Waals surface area contributed by atoms with Crippen LogP contribution in [-0.4, -0.2) is 11.9 Å². The van der Waals surface area contributed by atoms with Crippen molar-refractivity contribution >= 4 is 17.6 Å². The van der Waals surface area contributed by atoms with Gasteiger partial charge in [0.25, 0.3) is 0 Å². The molecular weight excluding hydrogens is 318 g/mol. The van der Waals surface area contributed by atoms with Gasteiger partial charge in [-0.2, -0.15) is 0 Å². The highest BCUT2D eigenvalue weighted by molar-refractivity contribution is 5.93. The summed E-state index contributed by atoms with van der Waals surface area (Å²) in [7, 11) is 0. The molecule has 3 rings (SSSR count). The van der Waals surface area contributed by atoms with Crippen molar-refractivity contribution in [1.82, 2.24) is 10.6 Å². The summed E-state index contributed by atoms with van der Waals surface area (Å²) in [5.41, 5.74) is 2.97. The van der Waals surface area contributed by atoms with Crippen molar-refractivity contribution in [2.24, 2.45) is 0 Å². The fourth-order valence-corrected chi connectivity index (χ4v) is 2.95. The smallest absolute Gasteiger partial charge is 0.315 e. The van der Waals surface area contributed by atoms with E-state index in [0.29, 0.717) is 6.42 Å². The zero-order chi connectivity index (χ0) is 18.0. The minimum Gasteiger partial charge on any atom is -0.464 e. The highest BCUT2D eigenvalue weighted by atomic mass is 16.3. The van der Waals surface area contributed by atoms with Gasteiger partial charge >= 0.3 is 6.03 Å². The highest BCUT2D eigenvalue weighted by Gasteiger charge is 2.18. The second-order valence-electron chi connectivity index (χ2n) is 6.47. The number of hydrogen-bond acceptors (Lipinski definition) is 3. The van der Waals surface area contributed by atoms with Gasteiger partial charge in [-0.3, -0.25) is 4.79 Å². The normalized spacial score (nSPS) is 15.7. The molecule has 1 aliphatic heterocycles. The molecule has 0 radical (unpaired) electrons. The number of anilines is 1. The number of hydrogen-bond donors (Lipinski definition) is 3. The number of urea groups is 1. The number of benzene rings is 1. The van der Waals surface area contributed by atoms with Gasteiger partial charge in [-0.1, -0.05) is 12.1 Å². The zero-order valence-corrected chi connectivity index (χ0v) is 14.7. The summed E-state index contributed by atoms with van der Waals surface area (Å²) in [6, 6.07) is 8.99. The lowest BCUT2D eigenvalue weighted by atomic mass is 9.98. The predicted molar refractivity (Wildman–Crippen MR) is 95.3 cm³/mol. The van der Waals surface area contributed by atoms with Crippen LogP contribution in [0.1, 0.15) is 55.0 Å². The first-order valence-corrected chi connectivity index (χ1v) is 8.48. The molecule has 2 heterocycles. The minimum absolute atomic E-state index is 0.0490. The van der Waals surface area contributed by atoms with E-state index in [-0.39, 0.29) is 24.0 Å². The van der Waals surface area contributed by atoms with Gasteiger partial charge in [-0.25, -0.2) is 4.79 Å². The Labute approximate surface area is 147 Å². The van der Waals surface area contributed by atoms with Crippen molar-refractivity contribution in [3.63, 3.8) is 0 Å². The molecule has 0 fully saturated rings. The summed E-state index contributed by atoms with van der Waals surface area (Å²) < 4.78 is 5.53. The maximum absolute atomic E-state index is 12.2. The first kappa shape index (κ1) is 17.1. The van der Waals surface area contributed by atoms with Crippen LogP contribution in [0.2, 0.25) is 0 Å². The minimum atomic E-state index is -0.250. The van der Waals surface area contributed by atoms with Crippen LogP contribution in [0.25, 0.3) is 0 Å². The summed E-state index contributed by atoms with van der Waals surface area (Å²) >= 11 is 0. The Morgan fingerprint density at radius 3 is 2.60 bits per heavy atom. The third-order valence-corrected chi connectivity index (χ3v) is 4.41. The van der Waals surface area contributed by atoms with E-state index in [0.717, 1.165) is 34.8 Å². The third-order valence-electron chi connectivity index (χ3n) is 4.41. The molecule has 2 aromatic rings. The molecule has 0 saturated carbocycles. The van der Waals surface area contributed by atoms with E-state index in [4.69, 9.17) is 4.42 Å². The lowest BCUT2D eigenvalue weighted by Crippen LogP contribution is -2.38. The van der Waals surface area contributed by atoms with Crippen LogP contribution in [0.3, 0.4) is 0 Å². The molecule has 0 saturated heterocycles. The number of amides is 3. The van der Waals surface area contributed by atoms with Crippen LogP contribution in [0.5, 0.6) is 0 Å². The lowest BCUT2D eigenvalue weighted by Gasteiger charge is -2.21. The van der Waals surface area contributed by atoms with Crippen molar-refractivity contribution in [2.45, 2.75) is 45.7 Å². The van der Waals surface area contributed by atoms with E-state index in [1.54, 1.807) is 0 Å². The van der Waals surface area contributed by atoms with E-state index < -0.39 is 0 Å². The molecule has 6 heteroatoms. The molecule has 1 aromatic heterocycles. The van der Waals surface area contributed by atoms with Gasteiger partial charge in [0.05, 0.1) is 12.1 Å². The second kappa shape index (κ2) is 7.01. The van der Waals surface area contributed by atoms with E-state index in [1.807, 2.05) is 51.1 Å². The SMILES string of the molecule is Cc1ccc([C@@H](C)NC(=O)N[C@@H](C)c2ccc3c(c2)CCC(=O)N3)o1. The first-order chi connectivity index (χ1) is 11.9. The topological polar surface area (TPSA) is 83.4 Å². The van der Waals surface area contributed by atoms with Gasteiger partial charge in [0.1, 0.15) is 11.5 Å². The van der Waals surface area contributed by atoms with Gasteiger partial charge in [-0.05, 0) is 56.5 Å². The maximum atomic E-state index is 12.2. The summed E-state index contributed by atoms with van der Waals surface area (Å²) in [6.45, 7) is 5.69. The second-order valence-corrected chi connectivity index (χ2v) is 6.47. The van der Waals surface area contributed by atoms with Crippen LogP contribution < -0.4 is 16.0 Å². The average Bonchev–Trinajstić information content (AvgIpc) is 3.00. The number of nitrogens with one attached hydrogen (secondary N) is 3. The molecule has 1 aliphatic rings.